The van der Waals surface area contributed by atoms with E-state index in [2.05, 4.69) is 9.99 Å². The first-order chi connectivity index (χ1) is 16.9. The predicted molar refractivity (Wildman–Crippen MR) is 115 cm³/mol. The molecule has 14 atom stereocenters. The van der Waals surface area contributed by atoms with Gasteiger partial charge in [0.15, 0.2) is 12.6 Å². The van der Waals surface area contributed by atoms with Crippen molar-refractivity contribution < 1.29 is 74.9 Å². The average molecular weight is 532 g/mol. The van der Waals surface area contributed by atoms with Gasteiger partial charge in [0, 0.05) is 0 Å². The Morgan fingerprint density at radius 1 is 0.750 bits per heavy atom. The highest BCUT2D eigenvalue weighted by atomic mass is 16.7. The van der Waals surface area contributed by atoms with Crippen molar-refractivity contribution in [3.63, 3.8) is 0 Å². The largest absolute Gasteiger partial charge is 0.399 e. The van der Waals surface area contributed by atoms with Gasteiger partial charge in [0.05, 0.1) is 25.5 Å². The summed E-state index contributed by atoms with van der Waals surface area (Å²) in [6.07, 6.45) is -21.2. The van der Waals surface area contributed by atoms with Gasteiger partial charge in [0.1, 0.15) is 74.3 Å². The molecule has 0 amide bonds. The lowest BCUT2D eigenvalue weighted by atomic mass is 9.97. The Balaban J connectivity index is 1.94. The van der Waals surface area contributed by atoms with E-state index in [-0.39, 0.29) is 0 Å². The standard InChI is InChI=1S/C20H37NO15/c1-3-9-13(26)15(28)17(30)20(35-9)34-6-10-14(27)16(29)18(31)19(36-10)33-5-8(23)12(25)11(24)7(22)4-21-32-2/h4,7-20,22-31H,3,5-6H2,1-2H3/b21-4+/t7?,8?,9?,10?,11-,12+,13+,14+,15+,16+,17?,18?,19-,20-/m0/s1. The predicted octanol–water partition coefficient (Wildman–Crippen LogP) is -5.88. The van der Waals surface area contributed by atoms with Crippen LogP contribution in [0.1, 0.15) is 13.3 Å². The lowest BCUT2D eigenvalue weighted by Crippen LogP contribution is -2.61. The molecule has 0 aromatic carbocycles. The summed E-state index contributed by atoms with van der Waals surface area (Å²) in [4.78, 5) is 4.34. The van der Waals surface area contributed by atoms with Gasteiger partial charge in [-0.15, -0.1) is 0 Å². The normalized spacial score (nSPS) is 41.1. The van der Waals surface area contributed by atoms with Crippen molar-refractivity contribution >= 4 is 6.21 Å². The Hall–Kier alpha value is -1.09. The number of oxime groups is 1. The fourth-order valence-corrected chi connectivity index (χ4v) is 3.71. The minimum Gasteiger partial charge on any atom is -0.399 e. The van der Waals surface area contributed by atoms with Crippen LogP contribution >= 0.6 is 0 Å². The summed E-state index contributed by atoms with van der Waals surface area (Å²) in [5.74, 6) is 0. The first kappa shape index (κ1) is 31.1. The quantitative estimate of drug-likeness (QED) is 0.0830. The second-order valence-electron chi connectivity index (χ2n) is 8.58. The number of nitrogens with zero attached hydrogens (tertiary/aromatic N) is 1. The van der Waals surface area contributed by atoms with Crippen molar-refractivity contribution in [2.24, 2.45) is 5.16 Å². The Bertz CT molecular complexity index is 671. The SMILES string of the molecule is CCC1O[C@H](OCC2O[C@H](OCC(O)[C@@H](O)[C@@H](O)C(O)/C=N/OC)C(O)[C@H](O)[C@@H]2O)C(O)[C@H](O)[C@@H]1O. The monoisotopic (exact) mass is 531 g/mol. The molecule has 16 heteroatoms. The van der Waals surface area contributed by atoms with E-state index in [0.717, 1.165) is 6.21 Å². The van der Waals surface area contributed by atoms with Crippen LogP contribution in [0.5, 0.6) is 0 Å². The Morgan fingerprint density at radius 2 is 1.28 bits per heavy atom. The van der Waals surface area contributed by atoms with Crippen LogP contribution in [0.15, 0.2) is 5.16 Å². The molecule has 36 heavy (non-hydrogen) atoms. The van der Waals surface area contributed by atoms with E-state index in [1.807, 2.05) is 0 Å². The Labute approximate surface area is 206 Å². The minimum atomic E-state index is -1.92. The Morgan fingerprint density at radius 3 is 1.83 bits per heavy atom. The third-order valence-corrected chi connectivity index (χ3v) is 6.01. The molecule has 2 aliphatic rings. The molecule has 0 bridgehead atoms. The van der Waals surface area contributed by atoms with Gasteiger partial charge in [0.25, 0.3) is 0 Å². The number of hydrogen-bond donors (Lipinski definition) is 10. The molecular weight excluding hydrogens is 494 g/mol. The van der Waals surface area contributed by atoms with Gasteiger partial charge in [-0.2, -0.15) is 0 Å². The number of ether oxygens (including phenoxy) is 4. The van der Waals surface area contributed by atoms with Crippen LogP contribution in [0.25, 0.3) is 0 Å². The summed E-state index contributed by atoms with van der Waals surface area (Å²) in [7, 11) is 1.19. The fourth-order valence-electron chi connectivity index (χ4n) is 3.71. The molecule has 0 spiro atoms. The molecule has 212 valence electrons. The van der Waals surface area contributed by atoms with Crippen molar-refractivity contribution in [2.45, 2.75) is 99.2 Å². The summed E-state index contributed by atoms with van der Waals surface area (Å²) in [6.45, 7) is 0.430. The zero-order valence-electron chi connectivity index (χ0n) is 19.7. The number of aliphatic hydroxyl groups is 10. The van der Waals surface area contributed by atoms with Crippen molar-refractivity contribution in [3.8, 4) is 0 Å². The smallest absolute Gasteiger partial charge is 0.186 e. The summed E-state index contributed by atoms with van der Waals surface area (Å²) in [5, 5.41) is 103. The maximum absolute atomic E-state index is 10.2. The van der Waals surface area contributed by atoms with Crippen LogP contribution in [-0.2, 0) is 23.8 Å². The van der Waals surface area contributed by atoms with Gasteiger partial charge >= 0.3 is 0 Å². The summed E-state index contributed by atoms with van der Waals surface area (Å²) >= 11 is 0. The molecule has 2 fully saturated rings. The molecule has 16 nitrogen and oxygen atoms in total. The molecule has 0 aromatic rings. The Kier molecular flexibility index (Phi) is 12.3. The van der Waals surface area contributed by atoms with Crippen LogP contribution in [0.3, 0.4) is 0 Å². The minimum absolute atomic E-state index is 0.299. The molecule has 2 saturated heterocycles. The lowest BCUT2D eigenvalue weighted by Gasteiger charge is -2.43. The van der Waals surface area contributed by atoms with Crippen LogP contribution in [0.4, 0.5) is 0 Å². The second-order valence-corrected chi connectivity index (χ2v) is 8.58. The van der Waals surface area contributed by atoms with E-state index in [0.29, 0.717) is 6.42 Å². The first-order valence-electron chi connectivity index (χ1n) is 11.4. The van der Waals surface area contributed by atoms with Crippen molar-refractivity contribution in [2.75, 3.05) is 20.3 Å². The maximum Gasteiger partial charge on any atom is 0.186 e. The summed E-state index contributed by atoms with van der Waals surface area (Å²) in [5.41, 5.74) is 0. The molecule has 0 saturated carbocycles. The van der Waals surface area contributed by atoms with Crippen molar-refractivity contribution in [1.29, 1.82) is 0 Å². The molecule has 10 N–H and O–H groups in total. The zero-order valence-corrected chi connectivity index (χ0v) is 19.7. The average Bonchev–Trinajstić information content (AvgIpc) is 2.87. The highest BCUT2D eigenvalue weighted by molar-refractivity contribution is 5.62. The molecule has 6 unspecified atom stereocenters. The fraction of sp³-hybridized carbons (Fsp3) is 0.950. The molecule has 0 radical (unpaired) electrons. The summed E-state index contributed by atoms with van der Waals surface area (Å²) in [6, 6.07) is 0. The van der Waals surface area contributed by atoms with E-state index >= 15 is 0 Å². The van der Waals surface area contributed by atoms with Gasteiger partial charge in [-0.05, 0) is 6.42 Å². The number of hydrogen-bond acceptors (Lipinski definition) is 16. The van der Waals surface area contributed by atoms with E-state index in [4.69, 9.17) is 18.9 Å². The number of aliphatic hydroxyl groups excluding tert-OH is 10. The van der Waals surface area contributed by atoms with Crippen molar-refractivity contribution in [3.05, 3.63) is 0 Å². The van der Waals surface area contributed by atoms with E-state index in [1.165, 1.54) is 7.11 Å². The molecule has 2 rings (SSSR count). The van der Waals surface area contributed by atoms with E-state index < -0.39 is 99.0 Å². The molecule has 0 aliphatic carbocycles. The second kappa shape index (κ2) is 14.2. The van der Waals surface area contributed by atoms with E-state index in [9.17, 15) is 51.1 Å². The van der Waals surface area contributed by atoms with Gasteiger partial charge in [-0.3, -0.25) is 0 Å². The third-order valence-electron chi connectivity index (χ3n) is 6.01. The highest BCUT2D eigenvalue weighted by Crippen LogP contribution is 2.27. The zero-order chi connectivity index (χ0) is 27.2. The van der Waals surface area contributed by atoms with Crippen LogP contribution < -0.4 is 0 Å². The highest BCUT2D eigenvalue weighted by Gasteiger charge is 2.47. The lowest BCUT2D eigenvalue weighted by molar-refractivity contribution is -0.331. The topological polar surface area (TPSA) is 261 Å². The van der Waals surface area contributed by atoms with Gasteiger partial charge in [-0.1, -0.05) is 12.1 Å². The van der Waals surface area contributed by atoms with Crippen LogP contribution in [0, 0.1) is 0 Å². The molecule has 0 aromatic heterocycles. The van der Waals surface area contributed by atoms with Crippen LogP contribution in [0.2, 0.25) is 0 Å². The number of rotatable bonds is 12. The van der Waals surface area contributed by atoms with Crippen molar-refractivity contribution in [1.82, 2.24) is 0 Å². The summed E-state index contributed by atoms with van der Waals surface area (Å²) < 4.78 is 21.4. The van der Waals surface area contributed by atoms with Gasteiger partial charge in [-0.25, -0.2) is 0 Å². The maximum atomic E-state index is 10.2. The van der Waals surface area contributed by atoms with Crippen LogP contribution in [-0.4, -0.2) is 163 Å². The van der Waals surface area contributed by atoms with E-state index in [1.54, 1.807) is 6.92 Å². The molecule has 2 heterocycles. The third kappa shape index (κ3) is 7.49. The molecule has 2 aliphatic heterocycles. The first-order valence-corrected chi connectivity index (χ1v) is 11.4. The molecular formula is C20H37NO15. The van der Waals surface area contributed by atoms with Gasteiger partial charge in [0.2, 0.25) is 0 Å². The van der Waals surface area contributed by atoms with Gasteiger partial charge < -0.3 is 74.9 Å².